The van der Waals surface area contributed by atoms with E-state index in [1.807, 2.05) is 6.92 Å². The van der Waals surface area contributed by atoms with Crippen molar-refractivity contribution in [1.29, 1.82) is 0 Å². The lowest BCUT2D eigenvalue weighted by atomic mass is 10.2. The average Bonchev–Trinajstić information content (AvgIpc) is 2.66. The van der Waals surface area contributed by atoms with E-state index in [0.717, 1.165) is 11.9 Å². The monoisotopic (exact) mass is 239 g/mol. The molecule has 1 heterocycles. The highest BCUT2D eigenvalue weighted by molar-refractivity contribution is 7.89. The van der Waals surface area contributed by atoms with Crippen LogP contribution in [0.5, 0.6) is 0 Å². The van der Waals surface area contributed by atoms with E-state index in [-0.39, 0.29) is 4.90 Å². The molecule has 1 N–H and O–H groups in total. The molecule has 0 unspecified atom stereocenters. The molecule has 0 fully saturated rings. The van der Waals surface area contributed by atoms with Gasteiger partial charge in [-0.2, -0.15) is 8.42 Å². The second-order valence-electron chi connectivity index (χ2n) is 3.26. The summed E-state index contributed by atoms with van der Waals surface area (Å²) in [6, 6.07) is 6.19. The van der Waals surface area contributed by atoms with E-state index in [1.54, 1.807) is 12.1 Å². The normalized spacial score (nSPS) is 11.6. The van der Waals surface area contributed by atoms with Crippen LogP contribution in [0.1, 0.15) is 5.56 Å². The second kappa shape index (κ2) is 3.60. The molecule has 1 aromatic heterocycles. The molecule has 0 aliphatic heterocycles. The lowest BCUT2D eigenvalue weighted by Crippen LogP contribution is -2.26. The van der Waals surface area contributed by atoms with Crippen LogP contribution in [0, 0.1) is 6.92 Å². The van der Waals surface area contributed by atoms with Gasteiger partial charge in [0.15, 0.2) is 0 Å². The molecule has 0 bridgehead atoms. The Kier molecular flexibility index (Phi) is 2.39. The fraction of sp³-hybridized carbons (Fsp3) is 0.111. The molecule has 0 radical (unpaired) electrons. The predicted octanol–water partition coefficient (Wildman–Crippen LogP) is 0.117. The fourth-order valence-electron chi connectivity index (χ4n) is 1.23. The Morgan fingerprint density at radius 1 is 1.25 bits per heavy atom. The second-order valence-corrected chi connectivity index (χ2v) is 5.02. The number of hydrogen-bond donors (Lipinski definition) is 1. The lowest BCUT2D eigenvalue weighted by molar-refractivity contribution is 0.577. The maximum atomic E-state index is 11.9. The number of hydrogen-bond acceptors (Lipinski definition) is 4. The molecule has 84 valence electrons. The Labute approximate surface area is 91.6 Å². The molecule has 0 saturated carbocycles. The van der Waals surface area contributed by atoms with Crippen LogP contribution in [0.2, 0.25) is 0 Å². The van der Waals surface area contributed by atoms with Crippen molar-refractivity contribution in [1.82, 2.24) is 14.2 Å². The van der Waals surface area contributed by atoms with Gasteiger partial charge in [-0.25, -0.2) is 4.79 Å². The molecule has 2 aromatic rings. The SMILES string of the molecule is Cc1ccc(S(=O)(=O)n2nc[nH]c2=O)cc1. The average molecular weight is 239 g/mol. The van der Waals surface area contributed by atoms with Gasteiger partial charge >= 0.3 is 5.69 Å². The summed E-state index contributed by atoms with van der Waals surface area (Å²) in [5, 5.41) is 3.45. The van der Waals surface area contributed by atoms with E-state index < -0.39 is 15.7 Å². The maximum Gasteiger partial charge on any atom is 0.357 e. The summed E-state index contributed by atoms with van der Waals surface area (Å²) in [6.45, 7) is 1.84. The molecule has 2 rings (SSSR count). The minimum Gasteiger partial charge on any atom is -0.294 e. The highest BCUT2D eigenvalue weighted by Gasteiger charge is 2.19. The third-order valence-electron chi connectivity index (χ3n) is 2.07. The Balaban J connectivity index is 2.60. The summed E-state index contributed by atoms with van der Waals surface area (Å²) in [5.41, 5.74) is 0.161. The summed E-state index contributed by atoms with van der Waals surface area (Å²) in [7, 11) is -3.88. The fourth-order valence-corrected chi connectivity index (χ4v) is 2.35. The highest BCUT2D eigenvalue weighted by atomic mass is 32.2. The molecule has 0 saturated heterocycles. The minimum atomic E-state index is -3.88. The zero-order chi connectivity index (χ0) is 11.8. The molecular formula is C9H9N3O3S. The van der Waals surface area contributed by atoms with E-state index in [4.69, 9.17) is 0 Å². The van der Waals surface area contributed by atoms with Crippen LogP contribution in [-0.4, -0.2) is 22.6 Å². The van der Waals surface area contributed by atoms with Crippen LogP contribution >= 0.6 is 0 Å². The first kappa shape index (κ1) is 10.6. The molecule has 6 nitrogen and oxygen atoms in total. The number of aromatic nitrogens is 3. The molecule has 0 amide bonds. The van der Waals surface area contributed by atoms with Crippen molar-refractivity contribution in [2.24, 2.45) is 0 Å². The smallest absolute Gasteiger partial charge is 0.294 e. The van der Waals surface area contributed by atoms with Gasteiger partial charge in [0.1, 0.15) is 6.33 Å². The molecule has 0 aliphatic carbocycles. The minimum absolute atomic E-state index is 0.0345. The van der Waals surface area contributed by atoms with Gasteiger partial charge in [-0.3, -0.25) is 4.98 Å². The van der Waals surface area contributed by atoms with Crippen molar-refractivity contribution >= 4 is 10.0 Å². The van der Waals surface area contributed by atoms with Gasteiger partial charge in [0.2, 0.25) is 0 Å². The third-order valence-corrected chi connectivity index (χ3v) is 3.65. The lowest BCUT2D eigenvalue weighted by Gasteiger charge is -2.02. The van der Waals surface area contributed by atoms with Gasteiger partial charge in [-0.15, -0.1) is 5.10 Å². The van der Waals surface area contributed by atoms with Crippen LogP contribution in [0.15, 0.2) is 40.3 Å². The Morgan fingerprint density at radius 2 is 1.88 bits per heavy atom. The van der Waals surface area contributed by atoms with E-state index in [1.165, 1.54) is 12.1 Å². The maximum absolute atomic E-state index is 11.9. The topological polar surface area (TPSA) is 84.8 Å². The molecule has 0 atom stereocenters. The van der Waals surface area contributed by atoms with Crippen LogP contribution in [0.25, 0.3) is 0 Å². The summed E-state index contributed by atoms with van der Waals surface area (Å²) in [6.07, 6.45) is 1.04. The number of aromatic amines is 1. The zero-order valence-electron chi connectivity index (χ0n) is 8.41. The van der Waals surface area contributed by atoms with Gasteiger partial charge in [0.25, 0.3) is 10.0 Å². The Bertz CT molecular complexity index is 652. The number of rotatable bonds is 2. The summed E-state index contributed by atoms with van der Waals surface area (Å²) in [5.74, 6) is 0. The molecule has 0 aliphatic rings. The van der Waals surface area contributed by atoms with Gasteiger partial charge in [-0.05, 0) is 19.1 Å². The van der Waals surface area contributed by atoms with Crippen molar-refractivity contribution < 1.29 is 8.42 Å². The predicted molar refractivity (Wildman–Crippen MR) is 56.6 cm³/mol. The Hall–Kier alpha value is -1.89. The molecule has 16 heavy (non-hydrogen) atoms. The largest absolute Gasteiger partial charge is 0.357 e. The first-order valence-corrected chi connectivity index (χ1v) is 5.91. The quantitative estimate of drug-likeness (QED) is 0.806. The van der Waals surface area contributed by atoms with Gasteiger partial charge in [0, 0.05) is 0 Å². The van der Waals surface area contributed by atoms with Crippen molar-refractivity contribution in [2.45, 2.75) is 11.8 Å². The van der Waals surface area contributed by atoms with E-state index in [0.29, 0.717) is 4.09 Å². The highest BCUT2D eigenvalue weighted by Crippen LogP contribution is 2.11. The number of benzene rings is 1. The van der Waals surface area contributed by atoms with Gasteiger partial charge in [0.05, 0.1) is 4.90 Å². The van der Waals surface area contributed by atoms with E-state index >= 15 is 0 Å². The number of H-pyrrole nitrogens is 1. The first-order chi connectivity index (χ1) is 7.51. The van der Waals surface area contributed by atoms with Gasteiger partial charge < -0.3 is 0 Å². The van der Waals surface area contributed by atoms with E-state index in [9.17, 15) is 13.2 Å². The van der Waals surface area contributed by atoms with Crippen LogP contribution in [-0.2, 0) is 10.0 Å². The van der Waals surface area contributed by atoms with Crippen LogP contribution in [0.3, 0.4) is 0 Å². The summed E-state index contributed by atoms with van der Waals surface area (Å²) < 4.78 is 24.2. The van der Waals surface area contributed by atoms with Crippen molar-refractivity contribution in [3.8, 4) is 0 Å². The number of aryl methyl sites for hydroxylation is 1. The number of nitrogens with zero attached hydrogens (tertiary/aromatic N) is 2. The third kappa shape index (κ3) is 1.65. The first-order valence-electron chi connectivity index (χ1n) is 4.47. The Morgan fingerprint density at radius 3 is 2.38 bits per heavy atom. The molecule has 1 aromatic carbocycles. The van der Waals surface area contributed by atoms with E-state index in [2.05, 4.69) is 10.1 Å². The zero-order valence-corrected chi connectivity index (χ0v) is 9.23. The molecule has 7 heteroatoms. The van der Waals surface area contributed by atoms with Crippen molar-refractivity contribution in [2.75, 3.05) is 0 Å². The van der Waals surface area contributed by atoms with Crippen molar-refractivity contribution in [3.63, 3.8) is 0 Å². The van der Waals surface area contributed by atoms with Gasteiger partial charge in [-0.1, -0.05) is 21.8 Å². The molecule has 0 spiro atoms. The molecular weight excluding hydrogens is 230 g/mol. The standard InChI is InChI=1S/C9H9N3O3S/c1-7-2-4-8(5-3-7)16(14,15)12-9(13)10-6-11-12/h2-6H,1H3,(H,10,11,13). The summed E-state index contributed by atoms with van der Waals surface area (Å²) >= 11 is 0. The number of nitrogens with one attached hydrogen (secondary N) is 1. The van der Waals surface area contributed by atoms with Crippen LogP contribution in [0.4, 0.5) is 0 Å². The van der Waals surface area contributed by atoms with Crippen LogP contribution < -0.4 is 5.69 Å². The van der Waals surface area contributed by atoms with Crippen molar-refractivity contribution in [3.05, 3.63) is 46.6 Å². The summed E-state index contributed by atoms with van der Waals surface area (Å²) in [4.78, 5) is 13.4.